The summed E-state index contributed by atoms with van der Waals surface area (Å²) in [5.41, 5.74) is 3.35. The Bertz CT molecular complexity index is 1070. The van der Waals surface area contributed by atoms with E-state index in [1.807, 2.05) is 51.1 Å². The molecule has 1 N–H and O–H groups in total. The van der Waals surface area contributed by atoms with Gasteiger partial charge < -0.3 is 14.8 Å². The number of hydrogen-bond acceptors (Lipinski definition) is 6. The van der Waals surface area contributed by atoms with Crippen LogP contribution in [-0.4, -0.2) is 34.7 Å². The van der Waals surface area contributed by atoms with Gasteiger partial charge in [-0.15, -0.1) is 0 Å². The summed E-state index contributed by atoms with van der Waals surface area (Å²) in [5.74, 6) is -0.381. The van der Waals surface area contributed by atoms with Gasteiger partial charge in [0.1, 0.15) is 5.60 Å². The fourth-order valence-corrected chi connectivity index (χ4v) is 2.93. The maximum absolute atomic E-state index is 11.8. The van der Waals surface area contributed by atoms with Crippen molar-refractivity contribution in [1.82, 2.24) is 15.3 Å². The first kappa shape index (κ1) is 21.2. The van der Waals surface area contributed by atoms with Crippen LogP contribution in [0.5, 0.6) is 0 Å². The average Bonchev–Trinajstić information content (AvgIpc) is 2.70. The Kier molecular flexibility index (Phi) is 6.30. The van der Waals surface area contributed by atoms with E-state index in [-0.39, 0.29) is 12.5 Å². The van der Waals surface area contributed by atoms with Gasteiger partial charge in [-0.2, -0.15) is 0 Å². The number of amides is 1. The number of carbonyl (C=O) groups is 2. The van der Waals surface area contributed by atoms with Crippen molar-refractivity contribution in [2.45, 2.75) is 39.3 Å². The highest BCUT2D eigenvalue weighted by Crippen LogP contribution is 2.18. The molecule has 0 aliphatic heterocycles. The molecule has 0 aliphatic rings. The van der Waals surface area contributed by atoms with Crippen LogP contribution in [-0.2, 0) is 22.4 Å². The zero-order chi connectivity index (χ0) is 21.7. The zero-order valence-electron chi connectivity index (χ0n) is 17.6. The van der Waals surface area contributed by atoms with Crippen LogP contribution >= 0.6 is 0 Å². The standard InChI is InChI=1S/C23H25N3O4/c1-23(2,3)30-22(28)25-14-18-7-6-16-11-15(5-8-20(16)26-18)12-19-13-17(9-10-24-19)21(27)29-4/h5-11,13H,12,14H2,1-4H3,(H,25,28). The predicted octanol–water partition coefficient (Wildman–Crippen LogP) is 4.03. The lowest BCUT2D eigenvalue weighted by Crippen LogP contribution is -2.32. The molecule has 0 spiro atoms. The van der Waals surface area contributed by atoms with E-state index in [0.29, 0.717) is 12.0 Å². The quantitative estimate of drug-likeness (QED) is 0.642. The molecule has 0 bridgehead atoms. The number of alkyl carbamates (subject to hydrolysis) is 1. The molecule has 0 atom stereocenters. The van der Waals surface area contributed by atoms with Crippen molar-refractivity contribution in [2.24, 2.45) is 0 Å². The molecule has 1 amide bonds. The zero-order valence-corrected chi connectivity index (χ0v) is 17.6. The summed E-state index contributed by atoms with van der Waals surface area (Å²) in [6.45, 7) is 5.75. The van der Waals surface area contributed by atoms with E-state index in [2.05, 4.69) is 15.3 Å². The summed E-state index contributed by atoms with van der Waals surface area (Å²) in [6, 6.07) is 13.2. The average molecular weight is 407 g/mol. The predicted molar refractivity (Wildman–Crippen MR) is 113 cm³/mol. The molecule has 3 aromatic rings. The first-order valence-electron chi connectivity index (χ1n) is 9.62. The van der Waals surface area contributed by atoms with E-state index in [4.69, 9.17) is 9.47 Å². The molecule has 1 aromatic carbocycles. The Morgan fingerprint density at radius 1 is 1.03 bits per heavy atom. The summed E-state index contributed by atoms with van der Waals surface area (Å²) in [6.07, 6.45) is 1.72. The molecule has 2 heterocycles. The van der Waals surface area contributed by atoms with E-state index >= 15 is 0 Å². The Morgan fingerprint density at radius 3 is 2.57 bits per heavy atom. The lowest BCUT2D eigenvalue weighted by molar-refractivity contribution is 0.0521. The first-order valence-corrected chi connectivity index (χ1v) is 9.62. The Balaban J connectivity index is 1.69. The minimum absolute atomic E-state index is 0.289. The summed E-state index contributed by atoms with van der Waals surface area (Å²) < 4.78 is 10.00. The van der Waals surface area contributed by atoms with E-state index in [0.717, 1.165) is 27.9 Å². The molecule has 7 nitrogen and oxygen atoms in total. The number of nitrogens with one attached hydrogen (secondary N) is 1. The summed E-state index contributed by atoms with van der Waals surface area (Å²) >= 11 is 0. The minimum Gasteiger partial charge on any atom is -0.465 e. The van der Waals surface area contributed by atoms with Crippen molar-refractivity contribution in [2.75, 3.05) is 7.11 Å². The normalized spacial score (nSPS) is 11.2. The Morgan fingerprint density at radius 2 is 1.83 bits per heavy atom. The van der Waals surface area contributed by atoms with Crippen LogP contribution in [0.15, 0.2) is 48.7 Å². The lowest BCUT2D eigenvalue weighted by atomic mass is 10.0. The van der Waals surface area contributed by atoms with Gasteiger partial charge in [0.2, 0.25) is 0 Å². The number of ether oxygens (including phenoxy) is 2. The SMILES string of the molecule is COC(=O)c1ccnc(Cc2ccc3nc(CNC(=O)OC(C)(C)C)ccc3c2)c1. The molecular weight excluding hydrogens is 382 g/mol. The molecule has 0 saturated carbocycles. The third kappa shape index (κ3) is 5.76. The molecule has 156 valence electrons. The lowest BCUT2D eigenvalue weighted by Gasteiger charge is -2.19. The van der Waals surface area contributed by atoms with Crippen molar-refractivity contribution in [3.05, 3.63) is 71.2 Å². The van der Waals surface area contributed by atoms with Gasteiger partial charge in [0.25, 0.3) is 0 Å². The van der Waals surface area contributed by atoms with E-state index < -0.39 is 11.7 Å². The van der Waals surface area contributed by atoms with E-state index in [1.54, 1.807) is 18.3 Å². The van der Waals surface area contributed by atoms with Gasteiger partial charge in [0, 0.05) is 23.7 Å². The molecular formula is C23H25N3O4. The summed E-state index contributed by atoms with van der Waals surface area (Å²) in [5, 5.41) is 3.70. The maximum Gasteiger partial charge on any atom is 0.407 e. The second-order valence-corrected chi connectivity index (χ2v) is 7.89. The number of methoxy groups -OCH3 is 1. The highest BCUT2D eigenvalue weighted by atomic mass is 16.6. The molecule has 2 aromatic heterocycles. The van der Waals surface area contributed by atoms with Gasteiger partial charge in [-0.25, -0.2) is 9.59 Å². The number of benzene rings is 1. The largest absolute Gasteiger partial charge is 0.465 e. The topological polar surface area (TPSA) is 90.4 Å². The molecule has 0 radical (unpaired) electrons. The number of carbonyl (C=O) groups excluding carboxylic acids is 2. The van der Waals surface area contributed by atoms with E-state index in [1.165, 1.54) is 7.11 Å². The summed E-state index contributed by atoms with van der Waals surface area (Å²) in [7, 11) is 1.36. The van der Waals surface area contributed by atoms with Gasteiger partial charge in [-0.1, -0.05) is 12.1 Å². The molecule has 0 aliphatic carbocycles. The van der Waals surface area contributed by atoms with Gasteiger partial charge in [0.15, 0.2) is 0 Å². The second kappa shape index (κ2) is 8.90. The van der Waals surface area contributed by atoms with Crippen LogP contribution in [0.25, 0.3) is 10.9 Å². The number of aromatic nitrogens is 2. The van der Waals surface area contributed by atoms with Crippen molar-refractivity contribution in [3.63, 3.8) is 0 Å². The Labute approximate surface area is 175 Å². The van der Waals surface area contributed by atoms with Crippen LogP contribution in [0.3, 0.4) is 0 Å². The fourth-order valence-electron chi connectivity index (χ4n) is 2.93. The summed E-state index contributed by atoms with van der Waals surface area (Å²) in [4.78, 5) is 32.4. The van der Waals surface area contributed by atoms with Crippen molar-refractivity contribution >= 4 is 23.0 Å². The molecule has 3 rings (SSSR count). The van der Waals surface area contributed by atoms with Crippen molar-refractivity contribution in [3.8, 4) is 0 Å². The van der Waals surface area contributed by atoms with Gasteiger partial charge in [-0.3, -0.25) is 9.97 Å². The maximum atomic E-state index is 11.8. The van der Waals surface area contributed by atoms with Crippen LogP contribution in [0.4, 0.5) is 4.79 Å². The number of esters is 1. The number of rotatable bonds is 5. The van der Waals surface area contributed by atoms with Gasteiger partial charge >= 0.3 is 12.1 Å². The fraction of sp³-hybridized carbons (Fsp3) is 0.304. The Hall–Kier alpha value is -3.48. The third-order valence-corrected chi connectivity index (χ3v) is 4.25. The molecule has 30 heavy (non-hydrogen) atoms. The molecule has 0 fully saturated rings. The van der Waals surface area contributed by atoms with Gasteiger partial charge in [-0.05, 0) is 56.7 Å². The van der Waals surface area contributed by atoms with Crippen molar-refractivity contribution in [1.29, 1.82) is 0 Å². The minimum atomic E-state index is -0.539. The highest BCUT2D eigenvalue weighted by molar-refractivity contribution is 5.89. The number of fused-ring (bicyclic) bond motifs is 1. The van der Waals surface area contributed by atoms with E-state index in [9.17, 15) is 9.59 Å². The molecule has 0 saturated heterocycles. The second-order valence-electron chi connectivity index (χ2n) is 7.89. The van der Waals surface area contributed by atoms with Crippen molar-refractivity contribution < 1.29 is 19.1 Å². The van der Waals surface area contributed by atoms with Gasteiger partial charge in [0.05, 0.1) is 30.4 Å². The van der Waals surface area contributed by atoms with Crippen LogP contribution in [0.2, 0.25) is 0 Å². The smallest absolute Gasteiger partial charge is 0.407 e. The first-order chi connectivity index (χ1) is 14.2. The highest BCUT2D eigenvalue weighted by Gasteiger charge is 2.16. The molecule has 0 unspecified atom stereocenters. The number of hydrogen-bond donors (Lipinski definition) is 1. The van der Waals surface area contributed by atoms with Crippen LogP contribution in [0, 0.1) is 0 Å². The number of nitrogens with zero attached hydrogens (tertiary/aromatic N) is 2. The third-order valence-electron chi connectivity index (χ3n) is 4.25. The van der Waals surface area contributed by atoms with Crippen LogP contribution < -0.4 is 5.32 Å². The van der Waals surface area contributed by atoms with Crippen LogP contribution in [0.1, 0.15) is 48.1 Å². The monoisotopic (exact) mass is 407 g/mol. The molecule has 7 heteroatoms. The number of pyridine rings is 2.